The molecule has 0 spiro atoms. The van der Waals surface area contributed by atoms with E-state index in [-0.39, 0.29) is 54.6 Å². The number of carbonyl (C=O) groups is 2. The molecule has 2 amide bonds. The first kappa shape index (κ1) is 48.4. The van der Waals surface area contributed by atoms with Crippen molar-refractivity contribution in [1.82, 2.24) is 14.8 Å². The van der Waals surface area contributed by atoms with E-state index < -0.39 is 42.4 Å². The number of nitrogens with zero attached hydrogens (tertiary/aromatic N) is 7. The van der Waals surface area contributed by atoms with Crippen LogP contribution in [0.5, 0.6) is 0 Å². The number of benzene rings is 5. The van der Waals surface area contributed by atoms with E-state index in [1.807, 2.05) is 58.6 Å². The van der Waals surface area contributed by atoms with Crippen molar-refractivity contribution >= 4 is 116 Å². The minimum absolute atomic E-state index is 0.0347. The third kappa shape index (κ3) is 10.2. The lowest BCUT2D eigenvalue weighted by Crippen LogP contribution is -2.14. The van der Waals surface area contributed by atoms with E-state index in [2.05, 4.69) is 26.9 Å². The van der Waals surface area contributed by atoms with Crippen molar-refractivity contribution in [2.24, 2.45) is 10.2 Å². The second kappa shape index (κ2) is 18.3. The number of aromatic nitrogens is 3. The zero-order chi connectivity index (χ0) is 48.9. The molecule has 22 heteroatoms. The van der Waals surface area contributed by atoms with Gasteiger partial charge in [0.15, 0.2) is 10.9 Å². The number of carbonyl (C=O) groups excluding carboxylic acids is 2. The number of azo groups is 1. The molecular weight excluding hydrogens is 962 g/mol. The van der Waals surface area contributed by atoms with E-state index in [1.165, 1.54) is 65.4 Å². The highest BCUT2D eigenvalue weighted by molar-refractivity contribution is 7.86. The SMILES string of the molecule is CC(=O)Nc1cc(N(c2nc3ccc(S(=O)(=O)O)cc3s2)c2c(C)cc(C)cc2C)ccc1N=Nc1c(C#N)c(C(C)(C)C)nn1-c1c(Cl)cc(NC(=O)c2cccc(S(=O)(=O)O)c2)cc1Cl. The van der Waals surface area contributed by atoms with Crippen LogP contribution < -0.4 is 15.5 Å². The number of anilines is 5. The molecule has 344 valence electrons. The molecule has 2 aromatic heterocycles. The fraction of sp³-hybridized carbons (Fsp3) is 0.178. The monoisotopic (exact) mass is 999 g/mol. The van der Waals surface area contributed by atoms with Crippen molar-refractivity contribution in [2.75, 3.05) is 15.5 Å². The number of nitrogens with one attached hydrogen (secondary N) is 2. The Morgan fingerprint density at radius 3 is 2.09 bits per heavy atom. The first-order chi connectivity index (χ1) is 31.3. The van der Waals surface area contributed by atoms with Crippen LogP contribution in [0.1, 0.15) is 66.0 Å². The molecule has 0 saturated carbocycles. The van der Waals surface area contributed by atoms with Gasteiger partial charge >= 0.3 is 0 Å². The Morgan fingerprint density at radius 2 is 1.49 bits per heavy atom. The molecule has 0 aliphatic rings. The van der Waals surface area contributed by atoms with Gasteiger partial charge in [-0.25, -0.2) is 9.67 Å². The molecule has 5 aromatic carbocycles. The Morgan fingerprint density at radius 1 is 0.851 bits per heavy atom. The van der Waals surface area contributed by atoms with Crippen molar-refractivity contribution < 1.29 is 35.5 Å². The summed E-state index contributed by atoms with van der Waals surface area (Å²) in [6, 6.07) is 22.9. The number of rotatable bonds is 11. The summed E-state index contributed by atoms with van der Waals surface area (Å²) in [4.78, 5) is 31.9. The summed E-state index contributed by atoms with van der Waals surface area (Å²) in [5, 5.41) is 30.2. The van der Waals surface area contributed by atoms with Gasteiger partial charge in [-0.1, -0.05) is 79.1 Å². The van der Waals surface area contributed by atoms with E-state index in [1.54, 1.807) is 18.2 Å². The first-order valence-corrected chi connectivity index (χ1v) is 24.3. The smallest absolute Gasteiger partial charge is 0.294 e. The van der Waals surface area contributed by atoms with Gasteiger partial charge in [-0.2, -0.15) is 27.2 Å². The zero-order valence-corrected chi connectivity index (χ0v) is 40.5. The summed E-state index contributed by atoms with van der Waals surface area (Å²) in [7, 11) is -9.08. The van der Waals surface area contributed by atoms with Crippen LogP contribution in [0.4, 0.5) is 39.4 Å². The van der Waals surface area contributed by atoms with Crippen LogP contribution in [0.3, 0.4) is 0 Å². The Bertz CT molecular complexity index is 3460. The number of halogens is 2. The Balaban J connectivity index is 1.34. The van der Waals surface area contributed by atoms with Crippen molar-refractivity contribution in [1.29, 1.82) is 5.26 Å². The van der Waals surface area contributed by atoms with Crippen LogP contribution in [-0.4, -0.2) is 52.5 Å². The molecule has 7 aromatic rings. The van der Waals surface area contributed by atoms with E-state index in [9.17, 15) is 40.8 Å². The maximum atomic E-state index is 13.1. The average molecular weight is 1000 g/mol. The molecule has 7 rings (SSSR count). The molecule has 0 atom stereocenters. The van der Waals surface area contributed by atoms with E-state index in [0.717, 1.165) is 34.5 Å². The fourth-order valence-corrected chi connectivity index (χ4v) is 10.1. The highest BCUT2D eigenvalue weighted by atomic mass is 35.5. The first-order valence-electron chi connectivity index (χ1n) is 19.9. The van der Waals surface area contributed by atoms with Gasteiger partial charge in [-0.05, 0) is 98.6 Å². The lowest BCUT2D eigenvalue weighted by molar-refractivity contribution is -0.114. The molecule has 4 N–H and O–H groups in total. The second-order valence-corrected chi connectivity index (χ2v) is 21.0. The van der Waals surface area contributed by atoms with Crippen LogP contribution in [0.2, 0.25) is 10.0 Å². The molecule has 0 fully saturated rings. The van der Waals surface area contributed by atoms with Gasteiger partial charge in [0.05, 0.1) is 52.8 Å². The molecule has 17 nitrogen and oxygen atoms in total. The lowest BCUT2D eigenvalue weighted by atomic mass is 9.90. The minimum atomic E-state index is -4.58. The molecule has 0 aliphatic carbocycles. The van der Waals surface area contributed by atoms with Gasteiger partial charge in [-0.3, -0.25) is 23.6 Å². The van der Waals surface area contributed by atoms with Crippen LogP contribution in [-0.2, 0) is 30.4 Å². The maximum Gasteiger partial charge on any atom is 0.294 e. The summed E-state index contributed by atoms with van der Waals surface area (Å²) < 4.78 is 68.3. The minimum Gasteiger partial charge on any atom is -0.324 e. The standard InChI is InChI=1S/C45H39Cl2N9O8S3/c1-23-15-24(2)39(25(3)16-23)55(44-51-36-14-12-31(67(62,63)64)21-38(36)65-44)29-11-13-35(37(20-29)49-26(4)57)52-53-42-32(22-48)41(45(5,6)7)54-56(42)40-33(46)18-28(19-34(40)47)50-43(58)27-9-8-10-30(17-27)66(59,60)61/h8-21H,1-7H3,(H,49,57)(H,50,58)(H,59,60,61)(H,62,63,64). The third-order valence-corrected chi connectivity index (χ3v) is 13.3. The lowest BCUT2D eigenvalue weighted by Gasteiger charge is -2.27. The normalized spacial score (nSPS) is 12.1. The summed E-state index contributed by atoms with van der Waals surface area (Å²) >= 11 is 14.9. The van der Waals surface area contributed by atoms with Crippen molar-refractivity contribution in [3.8, 4) is 11.8 Å². The summed E-state index contributed by atoms with van der Waals surface area (Å²) in [5.74, 6) is -1.24. The van der Waals surface area contributed by atoms with Crippen LogP contribution in [0.15, 0.2) is 105 Å². The van der Waals surface area contributed by atoms with E-state index in [4.69, 9.17) is 33.3 Å². The fourth-order valence-electron chi connectivity index (χ4n) is 7.28. The molecule has 0 radical (unpaired) electrons. The number of hydrogen-bond donors (Lipinski definition) is 4. The number of thiazole rings is 1. The molecule has 0 unspecified atom stereocenters. The zero-order valence-electron chi connectivity index (χ0n) is 36.5. The molecule has 0 saturated heterocycles. The van der Waals surface area contributed by atoms with Crippen molar-refractivity contribution in [3.05, 3.63) is 128 Å². The Hall–Kier alpha value is -6.57. The average Bonchev–Trinajstić information content (AvgIpc) is 3.82. The Kier molecular flexibility index (Phi) is 13.2. The number of fused-ring (bicyclic) bond motifs is 1. The van der Waals surface area contributed by atoms with Crippen LogP contribution >= 0.6 is 34.5 Å². The largest absolute Gasteiger partial charge is 0.324 e. The summed E-state index contributed by atoms with van der Waals surface area (Å²) in [5.41, 5.74) is 4.74. The van der Waals surface area contributed by atoms with E-state index in [0.29, 0.717) is 26.7 Å². The van der Waals surface area contributed by atoms with Crippen LogP contribution in [0, 0.1) is 32.1 Å². The molecule has 67 heavy (non-hydrogen) atoms. The molecular formula is C45H39Cl2N9O8S3. The van der Waals surface area contributed by atoms with Crippen molar-refractivity contribution in [3.63, 3.8) is 0 Å². The summed E-state index contributed by atoms with van der Waals surface area (Å²) in [6.45, 7) is 12.7. The van der Waals surface area contributed by atoms with Crippen molar-refractivity contribution in [2.45, 2.75) is 63.7 Å². The van der Waals surface area contributed by atoms with E-state index >= 15 is 0 Å². The van der Waals surface area contributed by atoms with Gasteiger partial charge in [0, 0.05) is 23.6 Å². The highest BCUT2D eigenvalue weighted by Gasteiger charge is 2.30. The predicted molar refractivity (Wildman–Crippen MR) is 258 cm³/mol. The summed E-state index contributed by atoms with van der Waals surface area (Å²) in [6.07, 6.45) is 0. The quantitative estimate of drug-likeness (QED) is 0.0698. The second-order valence-electron chi connectivity index (χ2n) is 16.3. The van der Waals surface area contributed by atoms with Gasteiger partial charge in [0.2, 0.25) is 5.91 Å². The molecule has 2 heterocycles. The van der Waals surface area contributed by atoms with Gasteiger partial charge in [0.1, 0.15) is 23.0 Å². The molecule has 0 aliphatic heterocycles. The molecule has 0 bridgehead atoms. The maximum absolute atomic E-state index is 13.1. The number of amides is 2. The van der Waals surface area contributed by atoms with Gasteiger partial charge in [-0.15, -0.1) is 10.2 Å². The topological polar surface area (TPSA) is 249 Å². The number of hydrogen-bond acceptors (Lipinski definition) is 13. The van der Waals surface area contributed by atoms with Gasteiger partial charge in [0.25, 0.3) is 26.1 Å². The predicted octanol–water partition coefficient (Wildman–Crippen LogP) is 11.5. The third-order valence-electron chi connectivity index (χ3n) is 10.1. The Labute approximate surface area is 399 Å². The number of aryl methyl sites for hydroxylation is 3. The van der Waals surface area contributed by atoms with Crippen LogP contribution in [0.25, 0.3) is 15.9 Å². The van der Waals surface area contributed by atoms with Gasteiger partial charge < -0.3 is 10.6 Å². The highest BCUT2D eigenvalue weighted by Crippen LogP contribution is 2.46. The number of nitriles is 1.